The minimum atomic E-state index is -1.72. The number of carbonyl (C=O) groups excluding carboxylic acids is 6. The zero-order chi connectivity index (χ0) is 42.1. The lowest BCUT2D eigenvalue weighted by atomic mass is 9.97. The normalized spacial score (nSPS) is 15.7. The summed E-state index contributed by atoms with van der Waals surface area (Å²) in [6.07, 6.45) is -0.157. The van der Waals surface area contributed by atoms with Crippen molar-refractivity contribution in [1.29, 1.82) is 0 Å². The molecule has 1 aromatic heterocycles. The molecule has 3 aromatic carbocycles. The molecule has 2 aliphatic heterocycles. The van der Waals surface area contributed by atoms with Crippen molar-refractivity contribution in [3.63, 3.8) is 0 Å². The topological polar surface area (TPSA) is 158 Å². The minimum absolute atomic E-state index is 0.0273. The van der Waals surface area contributed by atoms with Gasteiger partial charge in [-0.3, -0.25) is 29.3 Å². The standard InChI is InChI=1S/C42H39ClF3N5O7/c1-5-58-41(57)36-34(26-14-13-24(43)19-30(26)47-36)37(39(55)49-42(2,3)4)51(20-22-17-28(44)35(46)29(45)18-22)33(53)12-7-6-9-23-10-8-11-25-27(23)21-50(40(25)56)31-15-16-32(52)48-38(31)54/h8,10-11,13-14,17-19,31,37,47H,5,7,12,15-16,20-21H2,1-4H3,(H,49,55)(H,48,52,54). The Morgan fingerprint density at radius 1 is 1.07 bits per heavy atom. The molecule has 2 atom stereocenters. The van der Waals surface area contributed by atoms with E-state index in [9.17, 15) is 41.9 Å². The first-order valence-corrected chi connectivity index (χ1v) is 18.8. The third kappa shape index (κ3) is 8.72. The number of aromatic nitrogens is 1. The quantitative estimate of drug-likeness (QED) is 0.0768. The van der Waals surface area contributed by atoms with Crippen LogP contribution in [0.1, 0.15) is 103 Å². The van der Waals surface area contributed by atoms with Crippen LogP contribution < -0.4 is 10.6 Å². The summed E-state index contributed by atoms with van der Waals surface area (Å²) in [5, 5.41) is 5.74. The summed E-state index contributed by atoms with van der Waals surface area (Å²) >= 11 is 6.28. The van der Waals surface area contributed by atoms with Gasteiger partial charge in [0.15, 0.2) is 17.5 Å². The molecule has 2 unspecified atom stereocenters. The average molecular weight is 818 g/mol. The third-order valence-electron chi connectivity index (χ3n) is 9.60. The summed E-state index contributed by atoms with van der Waals surface area (Å²) in [4.78, 5) is 85.3. The van der Waals surface area contributed by atoms with Crippen molar-refractivity contribution in [1.82, 2.24) is 25.4 Å². The molecule has 0 bridgehead atoms. The smallest absolute Gasteiger partial charge is 0.355 e. The summed E-state index contributed by atoms with van der Waals surface area (Å²) in [6.45, 7) is 6.14. The lowest BCUT2D eigenvalue weighted by Gasteiger charge is -2.34. The van der Waals surface area contributed by atoms with Gasteiger partial charge in [-0.25, -0.2) is 18.0 Å². The fourth-order valence-electron chi connectivity index (χ4n) is 7.10. The van der Waals surface area contributed by atoms with Crippen molar-refractivity contribution in [3.8, 4) is 11.8 Å². The molecule has 3 N–H and O–H groups in total. The number of amides is 5. The zero-order valence-electron chi connectivity index (χ0n) is 32.0. The Morgan fingerprint density at radius 2 is 1.79 bits per heavy atom. The fraction of sp³-hybridized carbons (Fsp3) is 0.333. The number of benzene rings is 3. The first-order chi connectivity index (χ1) is 27.5. The van der Waals surface area contributed by atoms with E-state index in [1.165, 1.54) is 17.0 Å². The molecule has 0 spiro atoms. The van der Waals surface area contributed by atoms with E-state index in [1.54, 1.807) is 52.0 Å². The van der Waals surface area contributed by atoms with Gasteiger partial charge in [0.1, 0.15) is 17.8 Å². The number of nitrogens with zero attached hydrogens (tertiary/aromatic N) is 2. The van der Waals surface area contributed by atoms with E-state index in [4.69, 9.17) is 16.3 Å². The van der Waals surface area contributed by atoms with Gasteiger partial charge in [0, 0.05) is 70.5 Å². The van der Waals surface area contributed by atoms with Crippen LogP contribution >= 0.6 is 11.6 Å². The highest BCUT2D eigenvalue weighted by Crippen LogP contribution is 2.36. The number of piperidine rings is 1. The predicted molar refractivity (Wildman–Crippen MR) is 205 cm³/mol. The molecule has 0 saturated carbocycles. The first-order valence-electron chi connectivity index (χ1n) is 18.5. The van der Waals surface area contributed by atoms with Crippen molar-refractivity contribution >= 4 is 58.0 Å². The second-order valence-electron chi connectivity index (χ2n) is 14.9. The lowest BCUT2D eigenvalue weighted by Crippen LogP contribution is -2.52. The van der Waals surface area contributed by atoms with Crippen LogP contribution in [0.3, 0.4) is 0 Å². The van der Waals surface area contributed by atoms with Crippen LogP contribution in [0.15, 0.2) is 48.5 Å². The van der Waals surface area contributed by atoms with Crippen LogP contribution in [-0.4, -0.2) is 68.5 Å². The van der Waals surface area contributed by atoms with Crippen molar-refractivity contribution in [2.24, 2.45) is 0 Å². The first kappa shape index (κ1) is 41.5. The molecule has 16 heteroatoms. The maximum atomic E-state index is 14.6. The molecule has 58 heavy (non-hydrogen) atoms. The highest BCUT2D eigenvalue weighted by Gasteiger charge is 2.41. The molecule has 2 aliphatic rings. The molecule has 1 saturated heterocycles. The van der Waals surface area contributed by atoms with Gasteiger partial charge in [0.2, 0.25) is 23.6 Å². The van der Waals surface area contributed by atoms with Crippen molar-refractivity contribution in [2.45, 2.75) is 84.1 Å². The fourth-order valence-corrected chi connectivity index (χ4v) is 7.27. The van der Waals surface area contributed by atoms with Crippen LogP contribution in [0.4, 0.5) is 13.2 Å². The predicted octanol–water partition coefficient (Wildman–Crippen LogP) is 5.99. The number of carbonyl (C=O) groups is 6. The molecule has 302 valence electrons. The van der Waals surface area contributed by atoms with Crippen LogP contribution in [0, 0.1) is 29.3 Å². The van der Waals surface area contributed by atoms with Crippen molar-refractivity contribution in [2.75, 3.05) is 6.61 Å². The number of rotatable bonds is 10. The number of H-pyrrole nitrogens is 1. The van der Waals surface area contributed by atoms with E-state index < -0.39 is 71.2 Å². The summed E-state index contributed by atoms with van der Waals surface area (Å²) in [7, 11) is 0. The van der Waals surface area contributed by atoms with Gasteiger partial charge >= 0.3 is 5.97 Å². The van der Waals surface area contributed by atoms with E-state index in [0.29, 0.717) is 44.7 Å². The summed E-state index contributed by atoms with van der Waals surface area (Å²) in [6, 6.07) is 8.52. The number of halogens is 4. The highest BCUT2D eigenvalue weighted by molar-refractivity contribution is 6.31. The van der Waals surface area contributed by atoms with Crippen LogP contribution in [-0.2, 0) is 37.0 Å². The molecule has 12 nitrogen and oxygen atoms in total. The zero-order valence-corrected chi connectivity index (χ0v) is 32.7. The molecular formula is C42H39ClF3N5O7. The van der Waals surface area contributed by atoms with Crippen LogP contribution in [0.5, 0.6) is 0 Å². The van der Waals surface area contributed by atoms with Crippen molar-refractivity contribution in [3.05, 3.63) is 105 Å². The van der Waals surface area contributed by atoms with E-state index >= 15 is 0 Å². The van der Waals surface area contributed by atoms with Crippen LogP contribution in [0.25, 0.3) is 10.9 Å². The number of hydrogen-bond acceptors (Lipinski definition) is 7. The van der Waals surface area contributed by atoms with Gasteiger partial charge in [-0.05, 0) is 81.6 Å². The average Bonchev–Trinajstić information content (AvgIpc) is 3.68. The second kappa shape index (κ2) is 16.8. The molecule has 3 heterocycles. The van der Waals surface area contributed by atoms with Gasteiger partial charge in [-0.2, -0.15) is 0 Å². The summed E-state index contributed by atoms with van der Waals surface area (Å²) < 4.78 is 48.6. The Labute approximate surface area is 336 Å². The molecule has 0 radical (unpaired) electrons. The third-order valence-corrected chi connectivity index (χ3v) is 9.83. The Bertz CT molecular complexity index is 2410. The van der Waals surface area contributed by atoms with Gasteiger partial charge in [0.25, 0.3) is 5.91 Å². The molecule has 1 fully saturated rings. The second-order valence-corrected chi connectivity index (χ2v) is 15.3. The highest BCUT2D eigenvalue weighted by atomic mass is 35.5. The Hall–Kier alpha value is -6.14. The molecule has 4 aromatic rings. The number of esters is 1. The number of fused-ring (bicyclic) bond motifs is 2. The Morgan fingerprint density at radius 3 is 2.47 bits per heavy atom. The van der Waals surface area contributed by atoms with E-state index in [0.717, 1.165) is 4.90 Å². The SMILES string of the molecule is CCOC(=O)c1[nH]c2cc(Cl)ccc2c1C(C(=O)NC(C)(C)C)N(Cc1cc(F)c(F)c(F)c1)C(=O)CCC#Cc1cccc2c1CN(C1CCC(=O)NC1=O)C2=O. The number of ether oxygens (including phenoxy) is 1. The van der Waals surface area contributed by atoms with Gasteiger partial charge in [-0.15, -0.1) is 0 Å². The number of imide groups is 1. The number of nitrogens with one attached hydrogen (secondary N) is 3. The molecule has 6 rings (SSSR count). The van der Waals surface area contributed by atoms with E-state index in [1.807, 2.05) is 0 Å². The van der Waals surface area contributed by atoms with Gasteiger partial charge < -0.3 is 24.8 Å². The summed E-state index contributed by atoms with van der Waals surface area (Å²) in [5.74, 6) is -2.46. The maximum Gasteiger partial charge on any atom is 0.355 e. The van der Waals surface area contributed by atoms with E-state index in [2.05, 4.69) is 27.5 Å². The number of aromatic amines is 1. The monoisotopic (exact) mass is 817 g/mol. The molecule has 5 amide bonds. The minimum Gasteiger partial charge on any atom is -0.461 e. The summed E-state index contributed by atoms with van der Waals surface area (Å²) in [5.41, 5.74) is 0.539. The van der Waals surface area contributed by atoms with Crippen LogP contribution in [0.2, 0.25) is 5.02 Å². The van der Waals surface area contributed by atoms with Gasteiger partial charge in [-0.1, -0.05) is 35.6 Å². The number of hydrogen-bond donors (Lipinski definition) is 3. The van der Waals surface area contributed by atoms with E-state index in [-0.39, 0.29) is 61.6 Å². The maximum absolute atomic E-state index is 14.6. The Kier molecular flexibility index (Phi) is 12.0. The molecule has 0 aliphatic carbocycles. The van der Waals surface area contributed by atoms with Crippen molar-refractivity contribution < 1.29 is 46.7 Å². The largest absolute Gasteiger partial charge is 0.461 e. The lowest BCUT2D eigenvalue weighted by molar-refractivity contribution is -0.142. The Balaban J connectivity index is 1.37. The molecular weight excluding hydrogens is 779 g/mol. The van der Waals surface area contributed by atoms with Gasteiger partial charge in [0.05, 0.1) is 6.61 Å².